The molecule has 0 aliphatic rings. The molecule has 0 fully saturated rings. The van der Waals surface area contributed by atoms with E-state index in [2.05, 4.69) is 60.2 Å². The topological polar surface area (TPSA) is 12.0 Å². The predicted octanol–water partition coefficient (Wildman–Crippen LogP) is 3.96. The van der Waals surface area contributed by atoms with Crippen LogP contribution >= 0.6 is 15.9 Å². The zero-order chi connectivity index (χ0) is 12.0. The first-order valence-electron chi connectivity index (χ1n) is 6.03. The van der Waals surface area contributed by atoms with Crippen molar-refractivity contribution in [3.63, 3.8) is 0 Å². The van der Waals surface area contributed by atoms with Crippen LogP contribution in [-0.2, 0) is 6.54 Å². The molecule has 1 aromatic carbocycles. The summed E-state index contributed by atoms with van der Waals surface area (Å²) in [5.41, 5.74) is 4.23. The fourth-order valence-electron chi connectivity index (χ4n) is 1.96. The van der Waals surface area contributed by atoms with E-state index >= 15 is 0 Å². The van der Waals surface area contributed by atoms with Gasteiger partial charge in [-0.15, -0.1) is 0 Å². The van der Waals surface area contributed by atoms with Gasteiger partial charge in [0.1, 0.15) is 0 Å². The minimum absolute atomic E-state index is 0.624. The van der Waals surface area contributed by atoms with E-state index in [0.29, 0.717) is 6.04 Å². The van der Waals surface area contributed by atoms with Gasteiger partial charge < -0.3 is 5.32 Å². The van der Waals surface area contributed by atoms with Gasteiger partial charge in [0.15, 0.2) is 0 Å². The van der Waals surface area contributed by atoms with Crippen molar-refractivity contribution in [2.45, 2.75) is 46.2 Å². The van der Waals surface area contributed by atoms with E-state index in [4.69, 9.17) is 0 Å². The number of alkyl halides is 1. The third kappa shape index (κ3) is 3.91. The predicted molar refractivity (Wildman–Crippen MR) is 75.2 cm³/mol. The highest BCUT2D eigenvalue weighted by Gasteiger charge is 2.07. The standard InChI is InChI=1S/C14H22BrN/c1-4-13(8-9-15)16-10-14-11(2)6-5-7-12(14)3/h5-7,13,16H,4,8-10H2,1-3H3. The molecular weight excluding hydrogens is 262 g/mol. The molecule has 0 saturated carbocycles. The SMILES string of the molecule is CCC(CCBr)NCc1c(C)cccc1C. The van der Waals surface area contributed by atoms with E-state index in [9.17, 15) is 0 Å². The largest absolute Gasteiger partial charge is 0.310 e. The van der Waals surface area contributed by atoms with Crippen molar-refractivity contribution in [2.24, 2.45) is 0 Å². The third-order valence-corrected chi connectivity index (χ3v) is 3.62. The van der Waals surface area contributed by atoms with E-state index < -0.39 is 0 Å². The van der Waals surface area contributed by atoms with Crippen LogP contribution in [0.1, 0.15) is 36.5 Å². The van der Waals surface area contributed by atoms with Gasteiger partial charge in [0.05, 0.1) is 0 Å². The van der Waals surface area contributed by atoms with E-state index in [1.807, 2.05) is 0 Å². The molecule has 1 rings (SSSR count). The minimum atomic E-state index is 0.624. The number of hydrogen-bond acceptors (Lipinski definition) is 1. The van der Waals surface area contributed by atoms with Crippen molar-refractivity contribution < 1.29 is 0 Å². The van der Waals surface area contributed by atoms with Gasteiger partial charge >= 0.3 is 0 Å². The number of hydrogen-bond donors (Lipinski definition) is 1. The molecule has 1 aromatic rings. The van der Waals surface area contributed by atoms with Gasteiger partial charge in [-0.3, -0.25) is 0 Å². The molecule has 0 radical (unpaired) electrons. The average Bonchev–Trinajstić information content (AvgIpc) is 2.27. The molecule has 0 spiro atoms. The van der Waals surface area contributed by atoms with E-state index in [0.717, 1.165) is 11.9 Å². The molecule has 0 heterocycles. The Hall–Kier alpha value is -0.340. The first kappa shape index (κ1) is 13.7. The lowest BCUT2D eigenvalue weighted by Crippen LogP contribution is -2.28. The van der Waals surface area contributed by atoms with Crippen molar-refractivity contribution in [2.75, 3.05) is 5.33 Å². The van der Waals surface area contributed by atoms with Gasteiger partial charge in [0.2, 0.25) is 0 Å². The van der Waals surface area contributed by atoms with Crippen LogP contribution in [0.2, 0.25) is 0 Å². The van der Waals surface area contributed by atoms with Gasteiger partial charge in [0, 0.05) is 17.9 Å². The molecule has 1 nitrogen and oxygen atoms in total. The Morgan fingerprint density at radius 3 is 2.38 bits per heavy atom. The highest BCUT2D eigenvalue weighted by atomic mass is 79.9. The second-order valence-electron chi connectivity index (χ2n) is 4.33. The highest BCUT2D eigenvalue weighted by Crippen LogP contribution is 2.13. The Bertz CT molecular complexity index is 302. The second kappa shape index (κ2) is 7.08. The molecule has 16 heavy (non-hydrogen) atoms. The molecular formula is C14H22BrN. The van der Waals surface area contributed by atoms with Crippen molar-refractivity contribution >= 4 is 15.9 Å². The maximum atomic E-state index is 3.64. The molecule has 0 saturated heterocycles. The van der Waals surface area contributed by atoms with Gasteiger partial charge in [-0.1, -0.05) is 41.1 Å². The van der Waals surface area contributed by atoms with Crippen LogP contribution < -0.4 is 5.32 Å². The molecule has 0 amide bonds. The number of rotatable bonds is 6. The summed E-state index contributed by atoms with van der Waals surface area (Å²) in [6, 6.07) is 7.13. The lowest BCUT2D eigenvalue weighted by Gasteiger charge is -2.17. The monoisotopic (exact) mass is 283 g/mol. The van der Waals surface area contributed by atoms with Gasteiger partial charge in [-0.2, -0.15) is 0 Å². The summed E-state index contributed by atoms with van der Waals surface area (Å²) in [4.78, 5) is 0. The zero-order valence-corrected chi connectivity index (χ0v) is 12.1. The van der Waals surface area contributed by atoms with E-state index in [1.54, 1.807) is 0 Å². The second-order valence-corrected chi connectivity index (χ2v) is 5.13. The van der Waals surface area contributed by atoms with Crippen molar-refractivity contribution in [1.82, 2.24) is 5.32 Å². The summed E-state index contributed by atoms with van der Waals surface area (Å²) in [6.45, 7) is 7.61. The first-order chi connectivity index (χ1) is 7.69. The van der Waals surface area contributed by atoms with Crippen LogP contribution in [0.4, 0.5) is 0 Å². The number of aryl methyl sites for hydroxylation is 2. The van der Waals surface area contributed by atoms with Crippen LogP contribution in [0.15, 0.2) is 18.2 Å². The number of halogens is 1. The fraction of sp³-hybridized carbons (Fsp3) is 0.571. The third-order valence-electron chi connectivity index (χ3n) is 3.16. The Balaban J connectivity index is 2.59. The smallest absolute Gasteiger partial charge is 0.0213 e. The molecule has 0 aromatic heterocycles. The highest BCUT2D eigenvalue weighted by molar-refractivity contribution is 9.09. The zero-order valence-electron chi connectivity index (χ0n) is 10.5. The minimum Gasteiger partial charge on any atom is -0.310 e. The summed E-state index contributed by atoms with van der Waals surface area (Å²) in [7, 11) is 0. The molecule has 1 N–H and O–H groups in total. The average molecular weight is 284 g/mol. The van der Waals surface area contributed by atoms with Crippen LogP contribution in [0.25, 0.3) is 0 Å². The van der Waals surface area contributed by atoms with Crippen molar-refractivity contribution in [1.29, 1.82) is 0 Å². The molecule has 90 valence electrons. The summed E-state index contributed by atoms with van der Waals surface area (Å²) in [6.07, 6.45) is 2.39. The Morgan fingerprint density at radius 1 is 1.25 bits per heavy atom. The van der Waals surface area contributed by atoms with Crippen LogP contribution in [0.3, 0.4) is 0 Å². The van der Waals surface area contributed by atoms with Crippen molar-refractivity contribution in [3.8, 4) is 0 Å². The normalized spacial score (nSPS) is 12.8. The lowest BCUT2D eigenvalue weighted by atomic mass is 10.0. The number of nitrogens with one attached hydrogen (secondary N) is 1. The molecule has 0 aliphatic carbocycles. The van der Waals surface area contributed by atoms with E-state index in [-0.39, 0.29) is 0 Å². The molecule has 0 aliphatic heterocycles. The van der Waals surface area contributed by atoms with Crippen LogP contribution in [0.5, 0.6) is 0 Å². The number of benzene rings is 1. The summed E-state index contributed by atoms with van der Waals surface area (Å²) in [5.74, 6) is 0. The molecule has 0 bridgehead atoms. The first-order valence-corrected chi connectivity index (χ1v) is 7.15. The van der Waals surface area contributed by atoms with Gasteiger partial charge in [-0.25, -0.2) is 0 Å². The lowest BCUT2D eigenvalue weighted by molar-refractivity contribution is 0.486. The Kier molecular flexibility index (Phi) is 6.07. The Labute approximate surface area is 108 Å². The summed E-state index contributed by atoms with van der Waals surface area (Å²) < 4.78 is 0. The van der Waals surface area contributed by atoms with E-state index in [1.165, 1.54) is 29.5 Å². The Morgan fingerprint density at radius 2 is 1.88 bits per heavy atom. The maximum absolute atomic E-state index is 3.64. The molecule has 1 unspecified atom stereocenters. The van der Waals surface area contributed by atoms with Crippen LogP contribution in [0, 0.1) is 13.8 Å². The molecule has 2 heteroatoms. The summed E-state index contributed by atoms with van der Waals surface area (Å²) >= 11 is 3.51. The maximum Gasteiger partial charge on any atom is 0.0213 e. The quantitative estimate of drug-likeness (QED) is 0.780. The van der Waals surface area contributed by atoms with Crippen molar-refractivity contribution in [3.05, 3.63) is 34.9 Å². The molecule has 1 atom stereocenters. The summed E-state index contributed by atoms with van der Waals surface area (Å²) in [5, 5.41) is 4.71. The fourth-order valence-corrected chi connectivity index (χ4v) is 2.51. The van der Waals surface area contributed by atoms with Gasteiger partial charge in [-0.05, 0) is 43.4 Å². The van der Waals surface area contributed by atoms with Crippen LogP contribution in [-0.4, -0.2) is 11.4 Å². The van der Waals surface area contributed by atoms with Gasteiger partial charge in [0.25, 0.3) is 0 Å².